The maximum Gasteiger partial charge on any atom is 0.427 e. The largest absolute Gasteiger partial charge is 0.432 e. The van der Waals surface area contributed by atoms with Gasteiger partial charge < -0.3 is 14.9 Å². The second-order valence-electron chi connectivity index (χ2n) is 3.42. The van der Waals surface area contributed by atoms with Crippen LogP contribution in [0.1, 0.15) is 0 Å². The molecule has 1 heterocycles. The number of rotatable bonds is 3. The van der Waals surface area contributed by atoms with Crippen LogP contribution in [0.5, 0.6) is 11.6 Å². The highest BCUT2D eigenvalue weighted by Crippen LogP contribution is 2.35. The third-order valence-corrected chi connectivity index (χ3v) is 3.25. The lowest BCUT2D eigenvalue weighted by Gasteiger charge is -2.07. The minimum Gasteiger partial charge on any atom is -0.432 e. The van der Waals surface area contributed by atoms with Gasteiger partial charge in [0.05, 0.1) is 4.47 Å². The predicted octanol–water partition coefficient (Wildman–Crippen LogP) is 3.65. The zero-order valence-corrected chi connectivity index (χ0v) is 12.3. The Labute approximate surface area is 119 Å². The Hall–Kier alpha value is -1.41. The molecule has 18 heavy (non-hydrogen) atoms. The van der Waals surface area contributed by atoms with Crippen LogP contribution in [0.3, 0.4) is 0 Å². The van der Waals surface area contributed by atoms with Crippen LogP contribution in [0.4, 0.5) is 5.82 Å². The van der Waals surface area contributed by atoms with Gasteiger partial charge in [-0.15, -0.1) is 0 Å². The van der Waals surface area contributed by atoms with Crippen molar-refractivity contribution in [1.29, 1.82) is 0 Å². The first-order valence-electron chi connectivity index (χ1n) is 4.77. The summed E-state index contributed by atoms with van der Waals surface area (Å²) in [6.45, 7) is 0. The molecule has 8 heteroatoms. The molecular weight excluding hydrogens is 370 g/mol. The Morgan fingerprint density at radius 3 is 2.78 bits per heavy atom. The standard InChI is InChI=1S/C10H7Br2N3O3/c1-14-5-13-9(15(16)17)10(14)18-8-3-2-6(11)4-7(8)12/h2-5H,1H3. The van der Waals surface area contributed by atoms with Gasteiger partial charge in [-0.3, -0.25) is 4.57 Å². The number of nitro groups is 1. The minimum absolute atomic E-state index is 0.0861. The van der Waals surface area contributed by atoms with E-state index < -0.39 is 4.92 Å². The summed E-state index contributed by atoms with van der Waals surface area (Å²) in [4.78, 5) is 13.9. The minimum atomic E-state index is -0.581. The SMILES string of the molecule is Cn1cnc([N+](=O)[O-])c1Oc1ccc(Br)cc1Br. The molecule has 0 aliphatic heterocycles. The van der Waals surface area contributed by atoms with Crippen LogP contribution in [-0.4, -0.2) is 14.5 Å². The molecule has 0 amide bonds. The average Bonchev–Trinajstić information content (AvgIpc) is 2.64. The molecule has 6 nitrogen and oxygen atoms in total. The fraction of sp³-hybridized carbons (Fsp3) is 0.100. The van der Waals surface area contributed by atoms with Crippen LogP contribution in [0.15, 0.2) is 33.5 Å². The molecule has 0 spiro atoms. The molecule has 2 rings (SSSR count). The molecule has 0 radical (unpaired) electrons. The number of halogens is 2. The highest BCUT2D eigenvalue weighted by atomic mass is 79.9. The van der Waals surface area contributed by atoms with Crippen LogP contribution in [0, 0.1) is 10.1 Å². The fourth-order valence-electron chi connectivity index (χ4n) is 1.31. The van der Waals surface area contributed by atoms with Gasteiger partial charge in [-0.05, 0) is 44.0 Å². The summed E-state index contributed by atoms with van der Waals surface area (Å²) in [6, 6.07) is 5.27. The number of hydrogen-bond acceptors (Lipinski definition) is 4. The number of aromatic nitrogens is 2. The van der Waals surface area contributed by atoms with E-state index in [1.165, 1.54) is 10.9 Å². The zero-order valence-electron chi connectivity index (χ0n) is 9.13. The lowest BCUT2D eigenvalue weighted by atomic mass is 10.3. The number of nitrogens with zero attached hydrogens (tertiary/aromatic N) is 3. The number of ether oxygens (including phenoxy) is 1. The zero-order chi connectivity index (χ0) is 13.3. The summed E-state index contributed by atoms with van der Waals surface area (Å²) in [7, 11) is 1.63. The van der Waals surface area contributed by atoms with Crippen molar-refractivity contribution in [3.05, 3.63) is 43.6 Å². The van der Waals surface area contributed by atoms with Gasteiger partial charge in [0, 0.05) is 11.5 Å². The van der Waals surface area contributed by atoms with Crippen molar-refractivity contribution < 1.29 is 9.66 Å². The summed E-state index contributed by atoms with van der Waals surface area (Å²) in [5.41, 5.74) is 0. The highest BCUT2D eigenvalue weighted by molar-refractivity contribution is 9.11. The molecule has 1 aromatic heterocycles. The van der Waals surface area contributed by atoms with Crippen LogP contribution in [0.2, 0.25) is 0 Å². The van der Waals surface area contributed by atoms with Gasteiger partial charge >= 0.3 is 11.7 Å². The van der Waals surface area contributed by atoms with Gasteiger partial charge in [-0.2, -0.15) is 0 Å². The molecule has 0 unspecified atom stereocenters. The van der Waals surface area contributed by atoms with Crippen molar-refractivity contribution in [3.63, 3.8) is 0 Å². The first kappa shape index (κ1) is 13.0. The van der Waals surface area contributed by atoms with E-state index in [1.54, 1.807) is 25.2 Å². The van der Waals surface area contributed by atoms with E-state index >= 15 is 0 Å². The van der Waals surface area contributed by atoms with E-state index in [2.05, 4.69) is 36.8 Å². The summed E-state index contributed by atoms with van der Waals surface area (Å²) < 4.78 is 8.53. The summed E-state index contributed by atoms with van der Waals surface area (Å²) in [5, 5.41) is 10.8. The molecule has 0 bridgehead atoms. The van der Waals surface area contributed by atoms with E-state index in [0.717, 1.165) is 4.47 Å². The average molecular weight is 377 g/mol. The molecule has 0 atom stereocenters. The number of hydrogen-bond donors (Lipinski definition) is 0. The Morgan fingerprint density at radius 2 is 2.17 bits per heavy atom. The van der Waals surface area contributed by atoms with Crippen molar-refractivity contribution in [2.75, 3.05) is 0 Å². The van der Waals surface area contributed by atoms with Gasteiger partial charge in [0.1, 0.15) is 5.75 Å². The van der Waals surface area contributed by atoms with Gasteiger partial charge in [0.2, 0.25) is 6.33 Å². The maximum atomic E-state index is 10.8. The Balaban J connectivity index is 2.39. The smallest absolute Gasteiger partial charge is 0.427 e. The Kier molecular flexibility index (Phi) is 3.67. The molecule has 0 saturated carbocycles. The first-order chi connectivity index (χ1) is 8.49. The molecule has 0 aliphatic rings. The second-order valence-corrected chi connectivity index (χ2v) is 5.19. The molecule has 94 valence electrons. The van der Waals surface area contributed by atoms with Gasteiger partial charge in [-0.25, -0.2) is 0 Å². The third kappa shape index (κ3) is 2.54. The van der Waals surface area contributed by atoms with E-state index in [9.17, 15) is 10.1 Å². The van der Waals surface area contributed by atoms with E-state index in [-0.39, 0.29) is 11.7 Å². The Bertz CT molecular complexity index is 612. The molecule has 1 aromatic carbocycles. The molecular formula is C10H7Br2N3O3. The monoisotopic (exact) mass is 375 g/mol. The van der Waals surface area contributed by atoms with Gasteiger partial charge in [-0.1, -0.05) is 15.9 Å². The maximum absolute atomic E-state index is 10.8. The summed E-state index contributed by atoms with van der Waals surface area (Å²) in [5.74, 6) is 0.250. The topological polar surface area (TPSA) is 70.2 Å². The van der Waals surface area contributed by atoms with E-state index in [0.29, 0.717) is 10.2 Å². The number of imidazole rings is 1. The van der Waals surface area contributed by atoms with Crippen molar-refractivity contribution in [2.24, 2.45) is 7.05 Å². The highest BCUT2D eigenvalue weighted by Gasteiger charge is 2.23. The fourth-order valence-corrected chi connectivity index (χ4v) is 2.44. The number of aryl methyl sites for hydroxylation is 1. The van der Waals surface area contributed by atoms with Crippen molar-refractivity contribution in [3.8, 4) is 11.6 Å². The Morgan fingerprint density at radius 1 is 1.44 bits per heavy atom. The molecule has 0 fully saturated rings. The molecule has 0 aliphatic carbocycles. The molecule has 2 aromatic rings. The van der Waals surface area contributed by atoms with Crippen molar-refractivity contribution >= 4 is 37.7 Å². The summed E-state index contributed by atoms with van der Waals surface area (Å²) >= 11 is 6.64. The van der Waals surface area contributed by atoms with E-state index in [4.69, 9.17) is 4.74 Å². The normalized spacial score (nSPS) is 10.4. The lowest BCUT2D eigenvalue weighted by molar-refractivity contribution is -0.390. The van der Waals surface area contributed by atoms with Crippen LogP contribution >= 0.6 is 31.9 Å². The van der Waals surface area contributed by atoms with E-state index in [1.807, 2.05) is 0 Å². The van der Waals surface area contributed by atoms with Gasteiger partial charge in [0.25, 0.3) is 0 Å². The predicted molar refractivity (Wildman–Crippen MR) is 71.8 cm³/mol. The molecule has 0 saturated heterocycles. The lowest BCUT2D eigenvalue weighted by Crippen LogP contribution is -1.96. The first-order valence-corrected chi connectivity index (χ1v) is 6.36. The van der Waals surface area contributed by atoms with Gasteiger partial charge in [0.15, 0.2) is 0 Å². The van der Waals surface area contributed by atoms with Crippen molar-refractivity contribution in [1.82, 2.24) is 9.55 Å². The van der Waals surface area contributed by atoms with Crippen molar-refractivity contribution in [2.45, 2.75) is 0 Å². The third-order valence-electron chi connectivity index (χ3n) is 2.14. The van der Waals surface area contributed by atoms with Crippen LogP contribution in [0.25, 0.3) is 0 Å². The number of benzene rings is 1. The summed E-state index contributed by atoms with van der Waals surface area (Å²) in [6.07, 6.45) is 1.33. The van der Waals surface area contributed by atoms with Crippen LogP contribution < -0.4 is 4.74 Å². The van der Waals surface area contributed by atoms with Crippen LogP contribution in [-0.2, 0) is 7.05 Å². The quantitative estimate of drug-likeness (QED) is 0.605. The second kappa shape index (κ2) is 5.07. The molecule has 0 N–H and O–H groups in total.